The van der Waals surface area contributed by atoms with E-state index in [-0.39, 0.29) is 28.0 Å². The molecular formula is C29H33ClN8O4S. The van der Waals surface area contributed by atoms with Gasteiger partial charge in [0.1, 0.15) is 5.15 Å². The number of pyridine rings is 1. The van der Waals surface area contributed by atoms with E-state index in [0.29, 0.717) is 29.9 Å². The lowest BCUT2D eigenvalue weighted by Gasteiger charge is -2.33. The summed E-state index contributed by atoms with van der Waals surface area (Å²) in [5, 5.41) is 3.76. The summed E-state index contributed by atoms with van der Waals surface area (Å²) < 4.78 is 26.9. The summed E-state index contributed by atoms with van der Waals surface area (Å²) >= 11 is 6.03. The molecule has 1 fully saturated rings. The van der Waals surface area contributed by atoms with E-state index in [2.05, 4.69) is 25.2 Å². The van der Waals surface area contributed by atoms with Gasteiger partial charge in [-0.3, -0.25) is 24.1 Å². The van der Waals surface area contributed by atoms with E-state index in [1.807, 2.05) is 43.8 Å². The molecule has 5 rings (SSSR count). The summed E-state index contributed by atoms with van der Waals surface area (Å²) in [5.41, 5.74) is 3.95. The van der Waals surface area contributed by atoms with Gasteiger partial charge in [0.15, 0.2) is 5.69 Å². The van der Waals surface area contributed by atoms with E-state index in [9.17, 15) is 18.0 Å². The zero-order valence-corrected chi connectivity index (χ0v) is 26.1. The molecule has 12 nitrogen and oxygen atoms in total. The number of rotatable bonds is 7. The van der Waals surface area contributed by atoms with Crippen LogP contribution in [0.15, 0.2) is 41.5 Å². The molecule has 0 aliphatic carbocycles. The summed E-state index contributed by atoms with van der Waals surface area (Å²) in [6.45, 7) is 7.09. The van der Waals surface area contributed by atoms with Gasteiger partial charge in [-0.1, -0.05) is 17.7 Å². The summed E-state index contributed by atoms with van der Waals surface area (Å²) in [5.74, 6) is -0.0564. The number of carbonyl (C=O) groups is 1. The lowest BCUT2D eigenvalue weighted by molar-refractivity contribution is 0.0977. The molecule has 1 aromatic carbocycles. The maximum atomic E-state index is 13.6. The van der Waals surface area contributed by atoms with Crippen molar-refractivity contribution in [3.8, 4) is 0 Å². The number of aryl methyl sites for hydroxylation is 2. The van der Waals surface area contributed by atoms with Crippen molar-refractivity contribution in [1.29, 1.82) is 0 Å². The summed E-state index contributed by atoms with van der Waals surface area (Å²) in [7, 11) is -2.10. The molecule has 4 aromatic rings. The van der Waals surface area contributed by atoms with E-state index < -0.39 is 22.0 Å². The normalized spacial score (nSPS) is 15.0. The maximum Gasteiger partial charge on any atom is 0.285 e. The second-order valence-electron chi connectivity index (χ2n) is 11.0. The van der Waals surface area contributed by atoms with Crippen LogP contribution in [-0.4, -0.2) is 58.2 Å². The van der Waals surface area contributed by atoms with Crippen molar-refractivity contribution in [2.24, 2.45) is 7.05 Å². The van der Waals surface area contributed by atoms with Crippen LogP contribution in [0.2, 0.25) is 5.15 Å². The van der Waals surface area contributed by atoms with Crippen molar-refractivity contribution in [3.63, 3.8) is 0 Å². The fraction of sp³-hybridized carbons (Fsp3) is 0.379. The van der Waals surface area contributed by atoms with Crippen LogP contribution in [-0.2, 0) is 17.1 Å². The van der Waals surface area contributed by atoms with Crippen LogP contribution in [0.1, 0.15) is 64.7 Å². The first-order valence-corrected chi connectivity index (χ1v) is 16.1. The Morgan fingerprint density at radius 3 is 2.47 bits per heavy atom. The lowest BCUT2D eigenvalue weighted by Crippen LogP contribution is -2.38. The minimum Gasteiger partial charge on any atom is -0.377 e. The largest absolute Gasteiger partial charge is 0.377 e. The molecular weight excluding hydrogens is 592 g/mol. The molecule has 0 radical (unpaired) electrons. The molecule has 1 amide bonds. The van der Waals surface area contributed by atoms with Gasteiger partial charge in [-0.25, -0.2) is 23.1 Å². The SMILES string of the molecule is Cc1cc([C@@H](C)Nc2ccc(Cl)nc2C(=O)NS(C)(=O)=O)c2nc(N3CCC(c4cnc(C)cn4)CC3)n(C)c(=O)c2c1. The number of nitrogens with one attached hydrogen (secondary N) is 2. The van der Waals surface area contributed by atoms with Crippen molar-refractivity contribution in [2.75, 3.05) is 29.6 Å². The van der Waals surface area contributed by atoms with Crippen molar-refractivity contribution >= 4 is 50.1 Å². The second-order valence-corrected chi connectivity index (χ2v) is 13.1. The van der Waals surface area contributed by atoms with Crippen LogP contribution >= 0.6 is 11.6 Å². The van der Waals surface area contributed by atoms with Crippen molar-refractivity contribution in [3.05, 3.63) is 80.4 Å². The highest BCUT2D eigenvalue weighted by molar-refractivity contribution is 7.89. The van der Waals surface area contributed by atoms with E-state index >= 15 is 0 Å². The van der Waals surface area contributed by atoms with Gasteiger partial charge in [0.05, 0.1) is 40.3 Å². The molecule has 1 aliphatic heterocycles. The Morgan fingerprint density at radius 2 is 1.81 bits per heavy atom. The molecule has 0 spiro atoms. The quantitative estimate of drug-likeness (QED) is 0.292. The zero-order valence-electron chi connectivity index (χ0n) is 24.5. The number of hydrogen-bond donors (Lipinski definition) is 2. The molecule has 14 heteroatoms. The van der Waals surface area contributed by atoms with Gasteiger partial charge in [-0.2, -0.15) is 0 Å². The number of benzene rings is 1. The van der Waals surface area contributed by atoms with Crippen LogP contribution in [0.25, 0.3) is 10.9 Å². The third kappa shape index (κ3) is 6.62. The van der Waals surface area contributed by atoms with E-state index in [4.69, 9.17) is 16.6 Å². The Balaban J connectivity index is 1.48. The smallest absolute Gasteiger partial charge is 0.285 e. The molecule has 1 atom stereocenters. The molecule has 43 heavy (non-hydrogen) atoms. The number of sulfonamides is 1. The number of nitrogens with zero attached hydrogens (tertiary/aromatic N) is 6. The number of carbonyl (C=O) groups excluding carboxylic acids is 1. The van der Waals surface area contributed by atoms with Gasteiger partial charge in [0, 0.05) is 44.0 Å². The van der Waals surface area contributed by atoms with Crippen LogP contribution < -0.4 is 20.5 Å². The minimum absolute atomic E-state index is 0.0332. The average Bonchev–Trinajstić information content (AvgIpc) is 2.95. The Labute approximate surface area is 254 Å². The standard InChI is InChI=1S/C29H33ClN8O4S/c1-16-12-20(18(3)33-22-6-7-24(30)34-26(22)27(39)36-43(5,41)42)25-21(13-16)28(40)37(4)29(35-25)38-10-8-19(9-11-38)23-15-31-17(2)14-32-23/h6-7,12-15,18-19,33H,8-11H2,1-5H3,(H,36,39)/t18-/m1/s1. The van der Waals surface area contributed by atoms with Gasteiger partial charge < -0.3 is 10.2 Å². The number of fused-ring (bicyclic) bond motifs is 1. The molecule has 4 heterocycles. The van der Waals surface area contributed by atoms with E-state index in [1.54, 1.807) is 23.9 Å². The van der Waals surface area contributed by atoms with Crippen molar-refractivity contribution in [1.82, 2.24) is 29.2 Å². The highest BCUT2D eigenvalue weighted by Gasteiger charge is 2.26. The first-order valence-electron chi connectivity index (χ1n) is 13.8. The van der Waals surface area contributed by atoms with Gasteiger partial charge >= 0.3 is 0 Å². The molecule has 0 unspecified atom stereocenters. The zero-order chi connectivity index (χ0) is 31.1. The van der Waals surface area contributed by atoms with Crippen LogP contribution in [0.4, 0.5) is 11.6 Å². The number of aromatic nitrogens is 5. The third-order valence-corrected chi connectivity index (χ3v) is 8.29. The van der Waals surface area contributed by atoms with Crippen LogP contribution in [0.5, 0.6) is 0 Å². The first kappa shape index (κ1) is 30.4. The van der Waals surface area contributed by atoms with E-state index in [0.717, 1.165) is 41.6 Å². The van der Waals surface area contributed by atoms with E-state index in [1.165, 1.54) is 6.07 Å². The first-order chi connectivity index (χ1) is 20.3. The van der Waals surface area contributed by atoms with Gasteiger partial charge in [-0.05, 0) is 57.4 Å². The van der Waals surface area contributed by atoms with Gasteiger partial charge in [0.25, 0.3) is 11.5 Å². The Hall–Kier alpha value is -4.10. The molecule has 1 aliphatic rings. The molecule has 2 N–H and O–H groups in total. The number of anilines is 2. The highest BCUT2D eigenvalue weighted by atomic mass is 35.5. The minimum atomic E-state index is -3.83. The molecule has 3 aromatic heterocycles. The van der Waals surface area contributed by atoms with Crippen molar-refractivity contribution < 1.29 is 13.2 Å². The van der Waals surface area contributed by atoms with Crippen LogP contribution in [0.3, 0.4) is 0 Å². The predicted molar refractivity (Wildman–Crippen MR) is 166 cm³/mol. The van der Waals surface area contributed by atoms with Crippen molar-refractivity contribution in [2.45, 2.75) is 45.6 Å². The number of amides is 1. The molecule has 0 saturated carbocycles. The third-order valence-electron chi connectivity index (χ3n) is 7.52. The fourth-order valence-electron chi connectivity index (χ4n) is 5.40. The van der Waals surface area contributed by atoms with Gasteiger partial charge in [0.2, 0.25) is 16.0 Å². The Kier molecular flexibility index (Phi) is 8.39. The number of piperidine rings is 1. The molecule has 1 saturated heterocycles. The Bertz CT molecular complexity index is 1870. The number of halogens is 1. The summed E-state index contributed by atoms with van der Waals surface area (Å²) in [6.07, 6.45) is 6.22. The lowest BCUT2D eigenvalue weighted by atomic mass is 9.94. The van der Waals surface area contributed by atoms with Gasteiger partial charge in [-0.15, -0.1) is 0 Å². The predicted octanol–water partition coefficient (Wildman–Crippen LogP) is 3.64. The molecule has 0 bridgehead atoms. The Morgan fingerprint density at radius 1 is 1.09 bits per heavy atom. The highest BCUT2D eigenvalue weighted by Crippen LogP contribution is 2.31. The molecule has 226 valence electrons. The maximum absolute atomic E-state index is 13.6. The van der Waals surface area contributed by atoms with Crippen LogP contribution in [0, 0.1) is 13.8 Å². The summed E-state index contributed by atoms with van der Waals surface area (Å²) in [6, 6.07) is 6.37. The summed E-state index contributed by atoms with van der Waals surface area (Å²) in [4.78, 5) is 46.5. The average molecular weight is 625 g/mol. The monoisotopic (exact) mass is 624 g/mol. The second kappa shape index (κ2) is 11.9. The topological polar surface area (TPSA) is 152 Å². The fourth-order valence-corrected chi connectivity index (χ4v) is 5.98. The number of hydrogen-bond acceptors (Lipinski definition) is 10.